The first-order valence-electron chi connectivity index (χ1n) is 9.87. The minimum atomic E-state index is -0.283. The number of cyclic esters (lactones) is 1. The molecule has 0 spiro atoms. The second-order valence-electron chi connectivity index (χ2n) is 8.60. The van der Waals surface area contributed by atoms with Crippen molar-refractivity contribution in [3.8, 4) is 0 Å². The number of carbonyl (C=O) groups is 2. The lowest BCUT2D eigenvalue weighted by atomic mass is 9.95. The zero-order valence-electron chi connectivity index (χ0n) is 16.6. The molecule has 6 nitrogen and oxygen atoms in total. The Morgan fingerprint density at radius 1 is 1.30 bits per heavy atom. The first kappa shape index (κ1) is 20.1. The number of likely N-dealkylation sites (tertiary alicyclic amines) is 1. The SMILES string of the molecule is CC(C)(C)CN1CCCC1c1ccc(C(=O)NCCN2CCCOC2=O)s1. The number of ether oxygens (including phenoxy) is 1. The van der Waals surface area contributed by atoms with Crippen molar-refractivity contribution in [3.63, 3.8) is 0 Å². The summed E-state index contributed by atoms with van der Waals surface area (Å²) in [5.74, 6) is -0.0583. The van der Waals surface area contributed by atoms with Gasteiger partial charge in [0, 0.05) is 37.1 Å². The average molecular weight is 394 g/mol. The Bertz CT molecular complexity index is 668. The van der Waals surface area contributed by atoms with Crippen molar-refractivity contribution in [1.29, 1.82) is 0 Å². The zero-order chi connectivity index (χ0) is 19.4. The summed E-state index contributed by atoms with van der Waals surface area (Å²) in [7, 11) is 0. The van der Waals surface area contributed by atoms with Crippen molar-refractivity contribution >= 4 is 23.3 Å². The van der Waals surface area contributed by atoms with Gasteiger partial charge < -0.3 is 15.0 Å². The van der Waals surface area contributed by atoms with Gasteiger partial charge in [0.25, 0.3) is 5.91 Å². The summed E-state index contributed by atoms with van der Waals surface area (Å²) in [5.41, 5.74) is 0.273. The molecule has 0 aliphatic carbocycles. The topological polar surface area (TPSA) is 61.9 Å². The lowest BCUT2D eigenvalue weighted by molar-refractivity contribution is 0.0720. The summed E-state index contributed by atoms with van der Waals surface area (Å²) in [6, 6.07) is 4.46. The number of hydrogen-bond donors (Lipinski definition) is 1. The van der Waals surface area contributed by atoms with Crippen LogP contribution in [0.1, 0.15) is 60.6 Å². The Hall–Kier alpha value is -1.60. The molecule has 1 aromatic rings. The van der Waals surface area contributed by atoms with E-state index in [1.54, 1.807) is 16.2 Å². The molecule has 2 aliphatic rings. The van der Waals surface area contributed by atoms with E-state index in [1.807, 2.05) is 6.07 Å². The zero-order valence-corrected chi connectivity index (χ0v) is 17.4. The fraction of sp³-hybridized carbons (Fsp3) is 0.700. The maximum atomic E-state index is 12.5. The monoisotopic (exact) mass is 393 g/mol. The molecule has 1 unspecified atom stereocenters. The Labute approximate surface area is 165 Å². The molecule has 150 valence electrons. The Morgan fingerprint density at radius 3 is 2.85 bits per heavy atom. The van der Waals surface area contributed by atoms with Crippen molar-refractivity contribution in [2.75, 3.05) is 39.3 Å². The van der Waals surface area contributed by atoms with Crippen LogP contribution in [-0.4, -0.2) is 61.1 Å². The molecule has 3 rings (SSSR count). The Kier molecular flexibility index (Phi) is 6.42. The van der Waals surface area contributed by atoms with Crippen LogP contribution in [0.4, 0.5) is 4.79 Å². The fourth-order valence-electron chi connectivity index (χ4n) is 3.79. The third-order valence-corrected chi connectivity index (χ3v) is 6.13. The van der Waals surface area contributed by atoms with E-state index in [9.17, 15) is 9.59 Å². The van der Waals surface area contributed by atoms with Gasteiger partial charge in [0.05, 0.1) is 11.5 Å². The van der Waals surface area contributed by atoms with Gasteiger partial charge in [0.15, 0.2) is 0 Å². The highest BCUT2D eigenvalue weighted by molar-refractivity contribution is 7.14. The molecule has 7 heteroatoms. The number of rotatable bonds is 6. The van der Waals surface area contributed by atoms with Crippen LogP contribution in [0.15, 0.2) is 12.1 Å². The number of thiophene rings is 1. The van der Waals surface area contributed by atoms with Crippen molar-refractivity contribution in [3.05, 3.63) is 21.9 Å². The molecular weight excluding hydrogens is 362 g/mol. The first-order valence-corrected chi connectivity index (χ1v) is 10.7. The highest BCUT2D eigenvalue weighted by Crippen LogP contribution is 2.37. The van der Waals surface area contributed by atoms with Gasteiger partial charge in [0.1, 0.15) is 0 Å². The van der Waals surface area contributed by atoms with Crippen LogP contribution in [-0.2, 0) is 4.74 Å². The van der Waals surface area contributed by atoms with Gasteiger partial charge >= 0.3 is 6.09 Å². The van der Waals surface area contributed by atoms with E-state index in [0.29, 0.717) is 32.3 Å². The molecule has 1 aromatic heterocycles. The predicted octanol–water partition coefficient (Wildman–Crippen LogP) is 3.50. The van der Waals surface area contributed by atoms with E-state index in [0.717, 1.165) is 30.8 Å². The van der Waals surface area contributed by atoms with Gasteiger partial charge in [-0.2, -0.15) is 0 Å². The minimum absolute atomic E-state index is 0.0583. The third-order valence-electron chi connectivity index (χ3n) is 4.94. The van der Waals surface area contributed by atoms with Crippen LogP contribution in [0.25, 0.3) is 0 Å². The summed E-state index contributed by atoms with van der Waals surface area (Å²) in [6.45, 7) is 11.1. The lowest BCUT2D eigenvalue weighted by Gasteiger charge is -2.30. The van der Waals surface area contributed by atoms with Crippen molar-refractivity contribution in [1.82, 2.24) is 15.1 Å². The standard InChI is InChI=1S/C20H31N3O3S/c1-20(2,3)14-23-10-4-6-15(23)16-7-8-17(27-16)18(24)21-9-12-22-11-5-13-26-19(22)25/h7-8,15H,4-6,9-14H2,1-3H3,(H,21,24). The minimum Gasteiger partial charge on any atom is -0.449 e. The number of carbonyl (C=O) groups excluding carboxylic acids is 2. The lowest BCUT2D eigenvalue weighted by Crippen LogP contribution is -2.42. The van der Waals surface area contributed by atoms with Crippen LogP contribution in [0, 0.1) is 5.41 Å². The molecule has 0 radical (unpaired) electrons. The van der Waals surface area contributed by atoms with Gasteiger partial charge in [-0.3, -0.25) is 9.69 Å². The molecule has 2 amide bonds. The van der Waals surface area contributed by atoms with E-state index in [1.165, 1.54) is 11.3 Å². The fourth-order valence-corrected chi connectivity index (χ4v) is 4.89. The van der Waals surface area contributed by atoms with E-state index in [2.05, 4.69) is 37.1 Å². The summed E-state index contributed by atoms with van der Waals surface area (Å²) in [5, 5.41) is 2.93. The van der Waals surface area contributed by atoms with Crippen LogP contribution >= 0.6 is 11.3 Å². The van der Waals surface area contributed by atoms with E-state index in [4.69, 9.17) is 4.74 Å². The second kappa shape index (κ2) is 8.61. The summed E-state index contributed by atoms with van der Waals surface area (Å²) in [6.07, 6.45) is 2.94. The second-order valence-corrected chi connectivity index (χ2v) is 9.72. The van der Waals surface area contributed by atoms with Crippen LogP contribution in [0.5, 0.6) is 0 Å². The molecule has 2 aliphatic heterocycles. The van der Waals surface area contributed by atoms with E-state index in [-0.39, 0.29) is 17.4 Å². The van der Waals surface area contributed by atoms with Gasteiger partial charge in [-0.15, -0.1) is 11.3 Å². The normalized spacial score (nSPS) is 21.4. The van der Waals surface area contributed by atoms with Crippen molar-refractivity contribution in [2.24, 2.45) is 5.41 Å². The Morgan fingerprint density at radius 2 is 2.11 bits per heavy atom. The summed E-state index contributed by atoms with van der Waals surface area (Å²) < 4.78 is 5.01. The van der Waals surface area contributed by atoms with Gasteiger partial charge in [-0.05, 0) is 43.4 Å². The molecule has 0 saturated carbocycles. The predicted molar refractivity (Wildman–Crippen MR) is 107 cm³/mol. The number of amides is 2. The number of nitrogens with one attached hydrogen (secondary N) is 1. The van der Waals surface area contributed by atoms with Crippen LogP contribution < -0.4 is 5.32 Å². The number of nitrogens with zero attached hydrogens (tertiary/aromatic N) is 2. The van der Waals surface area contributed by atoms with Crippen molar-refractivity contribution < 1.29 is 14.3 Å². The quantitative estimate of drug-likeness (QED) is 0.803. The average Bonchev–Trinajstić information content (AvgIpc) is 3.24. The maximum absolute atomic E-state index is 12.5. The molecule has 27 heavy (non-hydrogen) atoms. The largest absolute Gasteiger partial charge is 0.449 e. The maximum Gasteiger partial charge on any atom is 0.409 e. The molecule has 1 atom stereocenters. The van der Waals surface area contributed by atoms with E-state index >= 15 is 0 Å². The van der Waals surface area contributed by atoms with Crippen LogP contribution in [0.3, 0.4) is 0 Å². The first-order chi connectivity index (χ1) is 12.8. The van der Waals surface area contributed by atoms with Gasteiger partial charge in [-0.25, -0.2) is 4.79 Å². The highest BCUT2D eigenvalue weighted by Gasteiger charge is 2.30. The van der Waals surface area contributed by atoms with Gasteiger partial charge in [0.2, 0.25) is 0 Å². The molecule has 3 heterocycles. The molecule has 0 aromatic carbocycles. The third kappa shape index (κ3) is 5.45. The Balaban J connectivity index is 1.52. The summed E-state index contributed by atoms with van der Waals surface area (Å²) in [4.78, 5) is 30.3. The smallest absolute Gasteiger partial charge is 0.409 e. The molecular formula is C20H31N3O3S. The number of hydrogen-bond acceptors (Lipinski definition) is 5. The van der Waals surface area contributed by atoms with Crippen LogP contribution in [0.2, 0.25) is 0 Å². The molecule has 2 saturated heterocycles. The summed E-state index contributed by atoms with van der Waals surface area (Å²) >= 11 is 1.60. The highest BCUT2D eigenvalue weighted by atomic mass is 32.1. The van der Waals surface area contributed by atoms with E-state index < -0.39 is 0 Å². The van der Waals surface area contributed by atoms with Gasteiger partial charge in [-0.1, -0.05) is 20.8 Å². The molecule has 2 fully saturated rings. The molecule has 1 N–H and O–H groups in total. The van der Waals surface area contributed by atoms with Crippen molar-refractivity contribution in [2.45, 2.75) is 46.1 Å². The molecule has 0 bridgehead atoms.